The van der Waals surface area contributed by atoms with Gasteiger partial charge in [0, 0.05) is 43.7 Å². The minimum atomic E-state index is 0.0622. The molecule has 1 aliphatic rings. The van der Waals surface area contributed by atoms with Crippen LogP contribution in [0.2, 0.25) is 0 Å². The van der Waals surface area contributed by atoms with E-state index in [-0.39, 0.29) is 5.91 Å². The maximum Gasteiger partial charge on any atom is 0.263 e. The summed E-state index contributed by atoms with van der Waals surface area (Å²) >= 11 is 0. The van der Waals surface area contributed by atoms with Gasteiger partial charge >= 0.3 is 0 Å². The lowest BCUT2D eigenvalue weighted by Gasteiger charge is -2.35. The molecule has 37 heavy (non-hydrogen) atoms. The highest BCUT2D eigenvalue weighted by Crippen LogP contribution is 2.34. The molecule has 184 valence electrons. The van der Waals surface area contributed by atoms with Crippen LogP contribution in [-0.4, -0.2) is 52.1 Å². The number of rotatable bonds is 5. The van der Waals surface area contributed by atoms with Gasteiger partial charge in [0.25, 0.3) is 11.6 Å². The highest BCUT2D eigenvalue weighted by Gasteiger charge is 2.27. The Hall–Kier alpha value is -4.52. The van der Waals surface area contributed by atoms with E-state index in [4.69, 9.17) is 14.5 Å². The summed E-state index contributed by atoms with van der Waals surface area (Å²) in [6.07, 6.45) is 0.594. The Morgan fingerprint density at radius 3 is 2.22 bits per heavy atom. The van der Waals surface area contributed by atoms with E-state index in [1.807, 2.05) is 84.6 Å². The number of hydrogen-bond acceptors (Lipinski definition) is 6. The van der Waals surface area contributed by atoms with E-state index in [1.165, 1.54) is 0 Å². The smallest absolute Gasteiger partial charge is 0.263 e. The van der Waals surface area contributed by atoms with Crippen LogP contribution in [0.4, 0.5) is 5.82 Å². The predicted molar refractivity (Wildman–Crippen MR) is 144 cm³/mol. The minimum absolute atomic E-state index is 0.0622. The zero-order valence-electron chi connectivity index (χ0n) is 20.7. The molecule has 7 heteroatoms. The van der Waals surface area contributed by atoms with Crippen LogP contribution < -0.4 is 4.90 Å². The summed E-state index contributed by atoms with van der Waals surface area (Å²) in [7, 11) is 0. The quantitative estimate of drug-likeness (QED) is 0.340. The molecule has 0 saturated carbocycles. The van der Waals surface area contributed by atoms with E-state index in [0.29, 0.717) is 44.1 Å². The fraction of sp³-hybridized carbons (Fsp3) is 0.200. The molecule has 0 aliphatic carbocycles. The van der Waals surface area contributed by atoms with E-state index < -0.39 is 0 Å². The average Bonchev–Trinajstić information content (AvgIpc) is 3.38. The van der Waals surface area contributed by atoms with Gasteiger partial charge in [0.15, 0.2) is 0 Å². The van der Waals surface area contributed by atoms with Crippen molar-refractivity contribution in [2.45, 2.75) is 13.3 Å². The highest BCUT2D eigenvalue weighted by molar-refractivity contribution is 5.98. The summed E-state index contributed by atoms with van der Waals surface area (Å²) in [6.45, 7) is 4.56. The zero-order valence-corrected chi connectivity index (χ0v) is 20.7. The van der Waals surface area contributed by atoms with E-state index in [2.05, 4.69) is 22.2 Å². The number of anilines is 1. The van der Waals surface area contributed by atoms with Crippen molar-refractivity contribution in [2.75, 3.05) is 31.1 Å². The fourth-order valence-corrected chi connectivity index (χ4v) is 4.76. The summed E-state index contributed by atoms with van der Waals surface area (Å²) in [6, 6.07) is 27.9. The van der Waals surface area contributed by atoms with Crippen molar-refractivity contribution in [2.24, 2.45) is 0 Å². The Balaban J connectivity index is 1.33. The van der Waals surface area contributed by atoms with Crippen LogP contribution in [0.15, 0.2) is 89.5 Å². The van der Waals surface area contributed by atoms with Crippen LogP contribution in [0.3, 0.4) is 0 Å². The lowest BCUT2D eigenvalue weighted by molar-refractivity contribution is 0.0746. The van der Waals surface area contributed by atoms with Crippen molar-refractivity contribution < 1.29 is 9.32 Å². The van der Waals surface area contributed by atoms with Crippen LogP contribution in [0.25, 0.3) is 22.4 Å². The van der Waals surface area contributed by atoms with Gasteiger partial charge in [-0.15, -0.1) is 0 Å². The van der Waals surface area contributed by atoms with Crippen molar-refractivity contribution in [1.82, 2.24) is 20.0 Å². The SMILES string of the molecule is Cc1ccc(C(=O)N2CCN(c3nc(Cc4ccccc4)nc4onc(-c5ccccc5)c34)CC2)cc1. The van der Waals surface area contributed by atoms with Gasteiger partial charge in [0.1, 0.15) is 22.7 Å². The molecule has 3 heterocycles. The average molecular weight is 490 g/mol. The molecule has 5 aromatic rings. The van der Waals surface area contributed by atoms with Crippen molar-refractivity contribution in [1.29, 1.82) is 0 Å². The third-order valence-electron chi connectivity index (χ3n) is 6.78. The van der Waals surface area contributed by atoms with Crippen molar-refractivity contribution in [3.8, 4) is 11.3 Å². The molecule has 2 aromatic heterocycles. The molecule has 1 amide bonds. The summed E-state index contributed by atoms with van der Waals surface area (Å²) in [5, 5.41) is 5.20. The Morgan fingerprint density at radius 1 is 0.838 bits per heavy atom. The number of aryl methyl sites for hydroxylation is 1. The number of fused-ring (bicyclic) bond motifs is 1. The molecule has 3 aromatic carbocycles. The van der Waals surface area contributed by atoms with E-state index in [1.54, 1.807) is 0 Å². The molecule has 0 radical (unpaired) electrons. The second-order valence-electron chi connectivity index (χ2n) is 9.35. The fourth-order valence-electron chi connectivity index (χ4n) is 4.76. The van der Waals surface area contributed by atoms with Gasteiger partial charge in [0.05, 0.1) is 0 Å². The lowest BCUT2D eigenvalue weighted by Crippen LogP contribution is -2.49. The number of nitrogens with zero attached hydrogens (tertiary/aromatic N) is 5. The summed E-state index contributed by atoms with van der Waals surface area (Å²) in [5.41, 5.74) is 5.16. The molecule has 1 saturated heterocycles. The predicted octanol–water partition coefficient (Wildman–Crippen LogP) is 5.15. The van der Waals surface area contributed by atoms with Crippen molar-refractivity contribution in [3.05, 3.63) is 107 Å². The number of carbonyl (C=O) groups is 1. The van der Waals surface area contributed by atoms with Crippen molar-refractivity contribution in [3.63, 3.8) is 0 Å². The Kier molecular flexibility index (Phi) is 6.10. The summed E-state index contributed by atoms with van der Waals surface area (Å²) in [4.78, 5) is 27.0. The number of hydrogen-bond donors (Lipinski definition) is 0. The summed E-state index contributed by atoms with van der Waals surface area (Å²) in [5.74, 6) is 1.55. The number of carbonyl (C=O) groups excluding carboxylic acids is 1. The first-order valence-electron chi connectivity index (χ1n) is 12.5. The Morgan fingerprint density at radius 2 is 1.51 bits per heavy atom. The number of amides is 1. The minimum Gasteiger partial charge on any atom is -0.352 e. The first kappa shape index (κ1) is 22.9. The second-order valence-corrected chi connectivity index (χ2v) is 9.35. The van der Waals surface area contributed by atoms with Crippen LogP contribution in [0.5, 0.6) is 0 Å². The molecular formula is C30H27N5O2. The molecule has 0 unspecified atom stereocenters. The standard InChI is InChI=1S/C30H27N5O2/c1-21-12-14-24(15-13-21)30(36)35-18-16-34(17-19-35)28-26-27(23-10-6-3-7-11-23)33-37-29(26)32-25(31-28)20-22-8-4-2-5-9-22/h2-15H,16-20H2,1H3. The van der Waals surface area contributed by atoms with Gasteiger partial charge < -0.3 is 14.3 Å². The number of aromatic nitrogens is 3. The number of piperazine rings is 1. The topological polar surface area (TPSA) is 75.4 Å². The Labute approximate surface area is 215 Å². The third-order valence-corrected chi connectivity index (χ3v) is 6.78. The van der Waals surface area contributed by atoms with E-state index >= 15 is 0 Å². The van der Waals surface area contributed by atoms with Crippen LogP contribution in [0, 0.1) is 6.92 Å². The monoisotopic (exact) mass is 489 g/mol. The first-order chi connectivity index (χ1) is 18.2. The first-order valence-corrected chi connectivity index (χ1v) is 12.5. The normalized spacial score (nSPS) is 13.8. The molecule has 1 aliphatic heterocycles. The zero-order chi connectivity index (χ0) is 25.2. The van der Waals surface area contributed by atoms with Crippen LogP contribution in [-0.2, 0) is 6.42 Å². The molecule has 0 atom stereocenters. The van der Waals surface area contributed by atoms with Crippen LogP contribution in [0.1, 0.15) is 27.3 Å². The maximum absolute atomic E-state index is 13.1. The van der Waals surface area contributed by atoms with Gasteiger partial charge in [-0.2, -0.15) is 4.98 Å². The molecule has 6 rings (SSSR count). The van der Waals surface area contributed by atoms with Gasteiger partial charge in [-0.25, -0.2) is 4.98 Å². The third kappa shape index (κ3) is 4.68. The highest BCUT2D eigenvalue weighted by atomic mass is 16.5. The maximum atomic E-state index is 13.1. The van der Waals surface area contributed by atoms with Crippen molar-refractivity contribution >= 4 is 22.8 Å². The second kappa shape index (κ2) is 9.85. The van der Waals surface area contributed by atoms with Crippen LogP contribution >= 0.6 is 0 Å². The van der Waals surface area contributed by atoms with Gasteiger partial charge in [0.2, 0.25) is 0 Å². The molecule has 1 fully saturated rings. The lowest BCUT2D eigenvalue weighted by atomic mass is 10.1. The van der Waals surface area contributed by atoms with Gasteiger partial charge in [-0.05, 0) is 24.6 Å². The van der Waals surface area contributed by atoms with Gasteiger partial charge in [-0.3, -0.25) is 4.79 Å². The molecule has 0 spiro atoms. The molecule has 0 N–H and O–H groups in total. The largest absolute Gasteiger partial charge is 0.352 e. The molecule has 0 bridgehead atoms. The number of benzene rings is 3. The summed E-state index contributed by atoms with van der Waals surface area (Å²) < 4.78 is 5.75. The van der Waals surface area contributed by atoms with E-state index in [0.717, 1.165) is 39.2 Å². The van der Waals surface area contributed by atoms with Gasteiger partial charge in [-0.1, -0.05) is 83.5 Å². The molecular weight excluding hydrogens is 462 g/mol. The van der Waals surface area contributed by atoms with E-state index in [9.17, 15) is 4.79 Å². The Bertz CT molecular complexity index is 1520. The molecule has 7 nitrogen and oxygen atoms in total.